The molecule has 0 aromatic heterocycles. The van der Waals surface area contributed by atoms with Gasteiger partial charge in [-0.15, -0.1) is 0 Å². The van der Waals surface area contributed by atoms with Crippen LogP contribution in [0.3, 0.4) is 0 Å². The molecule has 8 heteroatoms. The van der Waals surface area contributed by atoms with Crippen molar-refractivity contribution in [3.05, 3.63) is 29.3 Å². The Balaban J connectivity index is 2.48. The van der Waals surface area contributed by atoms with Crippen molar-refractivity contribution in [2.75, 3.05) is 19.6 Å². The number of para-hydroxylation sites is 1. The van der Waals surface area contributed by atoms with Gasteiger partial charge in [0.2, 0.25) is 0 Å². The van der Waals surface area contributed by atoms with Crippen molar-refractivity contribution >= 4 is 13.5 Å². The summed E-state index contributed by atoms with van der Waals surface area (Å²) in [5, 5.41) is 12.8. The summed E-state index contributed by atoms with van der Waals surface area (Å²) in [7, 11) is -3.76. The molecule has 0 bridgehead atoms. The van der Waals surface area contributed by atoms with Crippen LogP contribution in [0.1, 0.15) is 77.8 Å². The summed E-state index contributed by atoms with van der Waals surface area (Å²) in [5.41, 5.74) is 0.411. The smallest absolute Gasteiger partial charge is 0.342 e. The number of hydrogen-bond donors (Lipinski definition) is 2. The summed E-state index contributed by atoms with van der Waals surface area (Å²) in [4.78, 5) is 12.1. The number of aliphatic carboxylic acids is 1. The minimum atomic E-state index is -3.76. The maximum absolute atomic E-state index is 14.2. The molecule has 1 fully saturated rings. The molecule has 0 spiro atoms. The Labute approximate surface area is 186 Å². The first-order valence-electron chi connectivity index (χ1n) is 11.0. The SMILES string of the molecule is CC(C)c1cccc(C(C)C)c1OP(=O)(CO[C@H]1CCOC1)NC(C)(C(=O)O)C(C)C. The normalized spacial score (nSPS) is 20.8. The van der Waals surface area contributed by atoms with Crippen molar-refractivity contribution in [1.29, 1.82) is 0 Å². The maximum atomic E-state index is 14.2. The molecule has 1 aromatic carbocycles. The van der Waals surface area contributed by atoms with Crippen LogP contribution < -0.4 is 9.61 Å². The molecule has 2 rings (SSSR count). The van der Waals surface area contributed by atoms with Crippen LogP contribution in [0.4, 0.5) is 0 Å². The minimum Gasteiger partial charge on any atom is -0.480 e. The van der Waals surface area contributed by atoms with Gasteiger partial charge in [-0.1, -0.05) is 59.7 Å². The number of rotatable bonds is 11. The van der Waals surface area contributed by atoms with Gasteiger partial charge in [0.25, 0.3) is 0 Å². The van der Waals surface area contributed by atoms with E-state index in [1.807, 2.05) is 45.9 Å². The number of benzene rings is 1. The Hall–Kier alpha value is -1.40. The lowest BCUT2D eigenvalue weighted by Gasteiger charge is -2.35. The van der Waals surface area contributed by atoms with Gasteiger partial charge in [-0.25, -0.2) is 5.09 Å². The van der Waals surface area contributed by atoms with Gasteiger partial charge < -0.3 is 19.1 Å². The van der Waals surface area contributed by atoms with Crippen molar-refractivity contribution in [2.45, 2.75) is 78.4 Å². The second-order valence-electron chi connectivity index (χ2n) is 9.40. The van der Waals surface area contributed by atoms with Crippen LogP contribution in [0.2, 0.25) is 0 Å². The van der Waals surface area contributed by atoms with E-state index in [4.69, 9.17) is 14.0 Å². The first-order valence-corrected chi connectivity index (χ1v) is 12.8. The summed E-state index contributed by atoms with van der Waals surface area (Å²) in [6.07, 6.45) is 0.291. The number of nitrogens with one attached hydrogen (secondary N) is 1. The van der Waals surface area contributed by atoms with Crippen molar-refractivity contribution in [3.8, 4) is 5.75 Å². The quantitative estimate of drug-likeness (QED) is 0.434. The fourth-order valence-corrected chi connectivity index (χ4v) is 5.58. The third kappa shape index (κ3) is 6.32. The van der Waals surface area contributed by atoms with Crippen LogP contribution in [-0.2, 0) is 18.8 Å². The van der Waals surface area contributed by atoms with Crippen LogP contribution in [0.25, 0.3) is 0 Å². The van der Waals surface area contributed by atoms with E-state index in [0.29, 0.717) is 25.4 Å². The third-order valence-electron chi connectivity index (χ3n) is 5.93. The molecule has 176 valence electrons. The molecule has 1 saturated heterocycles. The van der Waals surface area contributed by atoms with E-state index in [9.17, 15) is 14.5 Å². The lowest BCUT2D eigenvalue weighted by molar-refractivity contribution is -0.145. The third-order valence-corrected chi connectivity index (χ3v) is 7.70. The lowest BCUT2D eigenvalue weighted by atomic mass is 9.90. The molecule has 0 amide bonds. The predicted molar refractivity (Wildman–Crippen MR) is 122 cm³/mol. The zero-order chi connectivity index (χ0) is 23.4. The highest BCUT2D eigenvalue weighted by Crippen LogP contribution is 2.50. The highest BCUT2D eigenvalue weighted by Gasteiger charge is 2.45. The van der Waals surface area contributed by atoms with Crippen molar-refractivity contribution in [2.24, 2.45) is 5.92 Å². The number of carbonyl (C=O) groups is 1. The molecule has 0 saturated carbocycles. The van der Waals surface area contributed by atoms with Gasteiger partial charge in [-0.05, 0) is 42.2 Å². The van der Waals surface area contributed by atoms with E-state index in [-0.39, 0.29) is 30.2 Å². The number of carboxylic acids is 1. The van der Waals surface area contributed by atoms with E-state index in [1.165, 1.54) is 6.92 Å². The Morgan fingerprint density at radius 1 is 1.23 bits per heavy atom. The zero-order valence-electron chi connectivity index (χ0n) is 19.8. The molecule has 0 aliphatic carbocycles. The predicted octanol–water partition coefficient (Wildman–Crippen LogP) is 5.36. The van der Waals surface area contributed by atoms with Gasteiger partial charge in [0.1, 0.15) is 17.6 Å². The second-order valence-corrected chi connectivity index (χ2v) is 11.4. The monoisotopic (exact) mass is 455 g/mol. The van der Waals surface area contributed by atoms with Crippen LogP contribution in [0.5, 0.6) is 5.75 Å². The summed E-state index contributed by atoms with van der Waals surface area (Å²) in [5.74, 6) is -0.589. The first-order chi connectivity index (χ1) is 14.4. The molecule has 0 radical (unpaired) electrons. The van der Waals surface area contributed by atoms with E-state index in [0.717, 1.165) is 11.1 Å². The first kappa shape index (κ1) is 25.9. The summed E-state index contributed by atoms with van der Waals surface area (Å²) in [6.45, 7) is 14.3. The molecular formula is C23H38NO6P. The lowest BCUT2D eigenvalue weighted by Crippen LogP contribution is -2.53. The van der Waals surface area contributed by atoms with E-state index < -0.39 is 19.0 Å². The molecule has 1 aliphatic heterocycles. The van der Waals surface area contributed by atoms with Crippen molar-refractivity contribution in [1.82, 2.24) is 5.09 Å². The summed E-state index contributed by atoms with van der Waals surface area (Å²) in [6, 6.07) is 5.89. The molecule has 2 unspecified atom stereocenters. The van der Waals surface area contributed by atoms with E-state index in [2.05, 4.69) is 5.09 Å². The van der Waals surface area contributed by atoms with Gasteiger partial charge in [0, 0.05) is 6.61 Å². The van der Waals surface area contributed by atoms with Gasteiger partial charge in [-0.2, -0.15) is 0 Å². The van der Waals surface area contributed by atoms with Crippen molar-refractivity contribution in [3.63, 3.8) is 0 Å². The largest absolute Gasteiger partial charge is 0.480 e. The maximum Gasteiger partial charge on any atom is 0.342 e. The molecule has 31 heavy (non-hydrogen) atoms. The van der Waals surface area contributed by atoms with Gasteiger partial charge in [0.15, 0.2) is 0 Å². The molecule has 1 aliphatic rings. The van der Waals surface area contributed by atoms with Gasteiger partial charge in [-0.3, -0.25) is 9.36 Å². The standard InChI is InChI=1S/C23H38NO6P/c1-15(2)19-9-8-10-20(16(3)4)21(19)30-31(27,14-29-18-11-12-28-13-18)24-23(7,17(5)6)22(25)26/h8-10,15-18H,11-14H2,1-7H3,(H,24,27)(H,25,26)/t18-,23?,31?/m0/s1. The number of hydrogen-bond acceptors (Lipinski definition) is 5. The fourth-order valence-electron chi connectivity index (χ4n) is 3.44. The number of carboxylic acid groups (broad SMARTS) is 1. The van der Waals surface area contributed by atoms with Crippen LogP contribution >= 0.6 is 7.52 Å². The Kier molecular flexibility index (Phi) is 8.74. The molecule has 1 heterocycles. The average Bonchev–Trinajstić information content (AvgIpc) is 3.19. The molecule has 7 nitrogen and oxygen atoms in total. The van der Waals surface area contributed by atoms with E-state index >= 15 is 0 Å². The van der Waals surface area contributed by atoms with Gasteiger partial charge in [0.05, 0.1) is 12.7 Å². The summed E-state index contributed by atoms with van der Waals surface area (Å²) < 4.78 is 31.6. The van der Waals surface area contributed by atoms with E-state index in [1.54, 1.807) is 13.8 Å². The average molecular weight is 456 g/mol. The molecular weight excluding hydrogens is 417 g/mol. The Bertz CT molecular complexity index is 777. The van der Waals surface area contributed by atoms with Crippen LogP contribution in [0.15, 0.2) is 18.2 Å². The highest BCUT2D eigenvalue weighted by molar-refractivity contribution is 7.57. The molecule has 3 atom stereocenters. The zero-order valence-corrected chi connectivity index (χ0v) is 20.7. The van der Waals surface area contributed by atoms with Crippen LogP contribution in [-0.4, -0.2) is 42.3 Å². The van der Waals surface area contributed by atoms with Crippen LogP contribution in [0, 0.1) is 5.92 Å². The second kappa shape index (κ2) is 10.5. The molecule has 1 aromatic rings. The fraction of sp³-hybridized carbons (Fsp3) is 0.696. The summed E-state index contributed by atoms with van der Waals surface area (Å²) >= 11 is 0. The molecule has 2 N–H and O–H groups in total. The topological polar surface area (TPSA) is 94.1 Å². The van der Waals surface area contributed by atoms with Gasteiger partial charge >= 0.3 is 13.5 Å². The Morgan fingerprint density at radius 2 is 1.81 bits per heavy atom. The van der Waals surface area contributed by atoms with Crippen molar-refractivity contribution < 1.29 is 28.5 Å². The Morgan fingerprint density at radius 3 is 2.23 bits per heavy atom. The minimum absolute atomic E-state index is 0.141. The number of ether oxygens (including phenoxy) is 2. The highest BCUT2D eigenvalue weighted by atomic mass is 31.2.